The molecule has 2 aromatic heterocycles. The van der Waals surface area contributed by atoms with E-state index in [4.69, 9.17) is 5.73 Å². The van der Waals surface area contributed by atoms with Gasteiger partial charge in [-0.15, -0.1) is 0 Å². The highest BCUT2D eigenvalue weighted by Gasteiger charge is 2.17. The molecule has 2 heterocycles. The van der Waals surface area contributed by atoms with Crippen LogP contribution in [0.4, 0.5) is 5.82 Å². The van der Waals surface area contributed by atoms with Gasteiger partial charge in [0.1, 0.15) is 17.8 Å². The van der Waals surface area contributed by atoms with Gasteiger partial charge in [0.05, 0.1) is 0 Å². The molecule has 2 aromatic rings. The van der Waals surface area contributed by atoms with E-state index < -0.39 is 0 Å². The molecule has 0 spiro atoms. The Balaban J connectivity index is 2.56. The maximum absolute atomic E-state index is 5.96. The summed E-state index contributed by atoms with van der Waals surface area (Å²) in [5.41, 5.74) is 7.78. The zero-order valence-corrected chi connectivity index (χ0v) is 11.1. The van der Waals surface area contributed by atoms with Crippen LogP contribution >= 0.6 is 0 Å². The number of aromatic nitrogens is 4. The fourth-order valence-corrected chi connectivity index (χ4v) is 2.10. The van der Waals surface area contributed by atoms with Crippen molar-refractivity contribution < 1.29 is 0 Å². The third kappa shape index (κ3) is 2.20. The Hall–Kier alpha value is -1.91. The maximum atomic E-state index is 5.96. The summed E-state index contributed by atoms with van der Waals surface area (Å²) in [6.45, 7) is 7.25. The summed E-state index contributed by atoms with van der Waals surface area (Å²) in [7, 11) is 0. The molecular weight excluding hydrogens is 226 g/mol. The topological polar surface area (TPSA) is 69.6 Å². The van der Waals surface area contributed by atoms with E-state index in [-0.39, 0.29) is 5.92 Å². The van der Waals surface area contributed by atoms with Crippen molar-refractivity contribution in [3.63, 3.8) is 0 Å². The first-order valence-electron chi connectivity index (χ1n) is 6.27. The predicted molar refractivity (Wildman–Crippen MR) is 72.0 cm³/mol. The highest BCUT2D eigenvalue weighted by Crippen LogP contribution is 2.29. The number of hydrogen-bond acceptors (Lipinski definition) is 4. The molecule has 0 fully saturated rings. The van der Waals surface area contributed by atoms with Crippen LogP contribution in [0.15, 0.2) is 18.7 Å². The first-order chi connectivity index (χ1) is 8.65. The van der Waals surface area contributed by atoms with Crippen molar-refractivity contribution in [2.45, 2.75) is 39.7 Å². The summed E-state index contributed by atoms with van der Waals surface area (Å²) in [5, 5.41) is 0. The van der Waals surface area contributed by atoms with Crippen LogP contribution in [-0.2, 0) is 6.54 Å². The van der Waals surface area contributed by atoms with Gasteiger partial charge in [0.2, 0.25) is 0 Å². The highest BCUT2D eigenvalue weighted by molar-refractivity contribution is 5.63. The van der Waals surface area contributed by atoms with E-state index in [0.717, 1.165) is 30.0 Å². The van der Waals surface area contributed by atoms with E-state index in [1.807, 2.05) is 6.20 Å². The van der Waals surface area contributed by atoms with Crippen LogP contribution in [0.1, 0.15) is 38.7 Å². The largest absolute Gasteiger partial charge is 0.383 e. The van der Waals surface area contributed by atoms with Gasteiger partial charge < -0.3 is 10.3 Å². The fraction of sp³-hybridized carbons (Fsp3) is 0.462. The van der Waals surface area contributed by atoms with E-state index in [9.17, 15) is 0 Å². The molecule has 96 valence electrons. The van der Waals surface area contributed by atoms with Gasteiger partial charge in [0.15, 0.2) is 5.82 Å². The first-order valence-corrected chi connectivity index (χ1v) is 6.27. The Morgan fingerprint density at radius 1 is 1.28 bits per heavy atom. The second kappa shape index (κ2) is 5.16. The second-order valence-corrected chi connectivity index (χ2v) is 4.62. The molecular formula is C13H19N5. The predicted octanol–water partition coefficient (Wildman–Crippen LogP) is 2.46. The number of anilines is 1. The smallest absolute Gasteiger partial charge is 0.159 e. The van der Waals surface area contributed by atoms with E-state index in [2.05, 4.69) is 40.3 Å². The van der Waals surface area contributed by atoms with Gasteiger partial charge in [-0.25, -0.2) is 15.0 Å². The van der Waals surface area contributed by atoms with Crippen LogP contribution < -0.4 is 5.73 Å². The number of nitrogens with two attached hydrogens (primary N) is 1. The fourth-order valence-electron chi connectivity index (χ4n) is 2.10. The Labute approximate surface area is 107 Å². The van der Waals surface area contributed by atoms with Gasteiger partial charge in [0, 0.05) is 24.5 Å². The average Bonchev–Trinajstić information content (AvgIpc) is 2.76. The highest BCUT2D eigenvalue weighted by atomic mass is 15.1. The van der Waals surface area contributed by atoms with Gasteiger partial charge in [-0.2, -0.15) is 0 Å². The maximum Gasteiger partial charge on any atom is 0.159 e. The molecule has 0 aliphatic carbocycles. The Morgan fingerprint density at radius 2 is 2.06 bits per heavy atom. The standard InChI is InChI=1S/C13H19N5/c1-4-6-18-7-5-15-13(18)11-10(9(2)3)12(14)17-8-16-11/h5,7-9H,4,6H2,1-3H3,(H2,14,16,17). The average molecular weight is 245 g/mol. The Morgan fingerprint density at radius 3 is 2.72 bits per heavy atom. The van der Waals surface area contributed by atoms with Crippen molar-refractivity contribution in [1.29, 1.82) is 0 Å². The number of nitrogen functional groups attached to an aromatic ring is 1. The number of aryl methyl sites for hydroxylation is 1. The molecule has 0 saturated carbocycles. The molecule has 18 heavy (non-hydrogen) atoms. The molecule has 0 aliphatic rings. The Kier molecular flexibility index (Phi) is 3.60. The van der Waals surface area contributed by atoms with Gasteiger partial charge in [0.25, 0.3) is 0 Å². The summed E-state index contributed by atoms with van der Waals surface area (Å²) in [6, 6.07) is 0. The summed E-state index contributed by atoms with van der Waals surface area (Å²) < 4.78 is 2.10. The van der Waals surface area contributed by atoms with Crippen LogP contribution in [0, 0.1) is 0 Å². The number of rotatable bonds is 4. The minimum Gasteiger partial charge on any atom is -0.383 e. The lowest BCUT2D eigenvalue weighted by atomic mass is 10.0. The number of nitrogens with zero attached hydrogens (tertiary/aromatic N) is 4. The minimum atomic E-state index is 0.271. The molecule has 0 unspecified atom stereocenters. The summed E-state index contributed by atoms with van der Waals surface area (Å²) in [4.78, 5) is 12.9. The lowest BCUT2D eigenvalue weighted by Gasteiger charge is -2.14. The normalized spacial score (nSPS) is 11.1. The summed E-state index contributed by atoms with van der Waals surface area (Å²) in [5.74, 6) is 1.68. The molecule has 0 amide bonds. The molecule has 0 aromatic carbocycles. The van der Waals surface area contributed by atoms with E-state index in [1.165, 1.54) is 6.33 Å². The third-order valence-corrected chi connectivity index (χ3v) is 2.88. The minimum absolute atomic E-state index is 0.271. The molecule has 5 heteroatoms. The molecule has 2 rings (SSSR count). The third-order valence-electron chi connectivity index (χ3n) is 2.88. The zero-order chi connectivity index (χ0) is 13.1. The molecule has 0 bridgehead atoms. The quantitative estimate of drug-likeness (QED) is 0.898. The van der Waals surface area contributed by atoms with E-state index >= 15 is 0 Å². The lowest BCUT2D eigenvalue weighted by Crippen LogP contribution is -2.07. The molecule has 0 saturated heterocycles. The Bertz CT molecular complexity index is 530. The van der Waals surface area contributed by atoms with Crippen molar-refractivity contribution in [1.82, 2.24) is 19.5 Å². The van der Waals surface area contributed by atoms with Crippen molar-refractivity contribution in [3.8, 4) is 11.5 Å². The van der Waals surface area contributed by atoms with Crippen LogP contribution in [0.2, 0.25) is 0 Å². The van der Waals surface area contributed by atoms with Crippen LogP contribution in [0.3, 0.4) is 0 Å². The van der Waals surface area contributed by atoms with Gasteiger partial charge in [-0.3, -0.25) is 0 Å². The van der Waals surface area contributed by atoms with Crippen molar-refractivity contribution >= 4 is 5.82 Å². The second-order valence-electron chi connectivity index (χ2n) is 4.62. The van der Waals surface area contributed by atoms with Crippen LogP contribution in [0.5, 0.6) is 0 Å². The van der Waals surface area contributed by atoms with Gasteiger partial charge in [-0.1, -0.05) is 20.8 Å². The molecule has 0 atom stereocenters. The summed E-state index contributed by atoms with van der Waals surface area (Å²) >= 11 is 0. The SMILES string of the molecule is CCCn1ccnc1-c1ncnc(N)c1C(C)C. The number of hydrogen-bond donors (Lipinski definition) is 1. The summed E-state index contributed by atoms with van der Waals surface area (Å²) in [6.07, 6.45) is 6.33. The zero-order valence-electron chi connectivity index (χ0n) is 11.1. The lowest BCUT2D eigenvalue weighted by molar-refractivity contribution is 0.682. The van der Waals surface area contributed by atoms with E-state index in [1.54, 1.807) is 6.20 Å². The molecule has 0 radical (unpaired) electrons. The molecule has 2 N–H and O–H groups in total. The van der Waals surface area contributed by atoms with Crippen molar-refractivity contribution in [3.05, 3.63) is 24.3 Å². The van der Waals surface area contributed by atoms with Gasteiger partial charge in [-0.05, 0) is 12.3 Å². The van der Waals surface area contributed by atoms with Crippen LogP contribution in [0.25, 0.3) is 11.5 Å². The van der Waals surface area contributed by atoms with E-state index in [0.29, 0.717) is 5.82 Å². The molecule has 0 aliphatic heterocycles. The van der Waals surface area contributed by atoms with Gasteiger partial charge >= 0.3 is 0 Å². The van der Waals surface area contributed by atoms with Crippen molar-refractivity contribution in [2.24, 2.45) is 0 Å². The monoisotopic (exact) mass is 245 g/mol. The molecule has 5 nitrogen and oxygen atoms in total. The number of imidazole rings is 1. The first kappa shape index (κ1) is 12.5. The van der Waals surface area contributed by atoms with Crippen LogP contribution in [-0.4, -0.2) is 19.5 Å². The van der Waals surface area contributed by atoms with Crippen molar-refractivity contribution in [2.75, 3.05) is 5.73 Å².